The van der Waals surface area contributed by atoms with Crippen LogP contribution in [0.1, 0.15) is 37.7 Å². The highest BCUT2D eigenvalue weighted by Gasteiger charge is 2.73. The second kappa shape index (κ2) is 6.67. The van der Waals surface area contributed by atoms with Crippen molar-refractivity contribution in [2.45, 2.75) is 44.2 Å². The maximum Gasteiger partial charge on any atom is 0.325 e. The summed E-state index contributed by atoms with van der Waals surface area (Å²) in [5, 5.41) is 24.0. The molecule has 6 heteroatoms. The molecule has 1 aromatic rings. The van der Waals surface area contributed by atoms with E-state index in [1.165, 1.54) is 6.42 Å². The zero-order valence-corrected chi connectivity index (χ0v) is 14.9. The summed E-state index contributed by atoms with van der Waals surface area (Å²) in [6.07, 6.45) is 4.49. The molecule has 0 bridgehead atoms. The van der Waals surface area contributed by atoms with Crippen LogP contribution in [0.5, 0.6) is 0 Å². The molecule has 2 saturated carbocycles. The topological polar surface area (TPSA) is 81.1 Å². The molecule has 26 heavy (non-hydrogen) atoms. The van der Waals surface area contributed by atoms with Gasteiger partial charge >= 0.3 is 11.9 Å². The summed E-state index contributed by atoms with van der Waals surface area (Å²) >= 11 is 0. The zero-order chi connectivity index (χ0) is 18.3. The molecule has 2 N–H and O–H groups in total. The summed E-state index contributed by atoms with van der Waals surface area (Å²) < 4.78 is 0. The molecule has 1 saturated heterocycles. The summed E-state index contributed by atoms with van der Waals surface area (Å²) in [5.74, 6) is -2.50. The molecular formula is C20H26N2O4. The molecule has 0 amide bonds. The number of hydrogen-bond donors (Lipinski definition) is 2. The summed E-state index contributed by atoms with van der Waals surface area (Å²) in [6.45, 7) is 2.21. The number of rotatable bonds is 6. The Morgan fingerprint density at radius 2 is 1.81 bits per heavy atom. The fourth-order valence-corrected chi connectivity index (χ4v) is 5.30. The Bertz CT molecular complexity index is 688. The predicted octanol–water partition coefficient (Wildman–Crippen LogP) is 2.45. The molecular weight excluding hydrogens is 332 g/mol. The van der Waals surface area contributed by atoms with Crippen molar-refractivity contribution in [3.8, 4) is 0 Å². The number of aliphatic carboxylic acids is 2. The van der Waals surface area contributed by atoms with Crippen molar-refractivity contribution in [2.75, 3.05) is 13.1 Å². The minimum atomic E-state index is -1.10. The van der Waals surface area contributed by atoms with Gasteiger partial charge in [-0.1, -0.05) is 36.8 Å². The largest absolute Gasteiger partial charge is 0.481 e. The van der Waals surface area contributed by atoms with Crippen molar-refractivity contribution in [1.29, 1.82) is 0 Å². The molecule has 1 aliphatic heterocycles. The van der Waals surface area contributed by atoms with Crippen molar-refractivity contribution < 1.29 is 19.8 Å². The van der Waals surface area contributed by atoms with E-state index in [1.807, 2.05) is 35.3 Å². The Balaban J connectivity index is 1.70. The number of hydrazine groups is 1. The third-order valence-electron chi connectivity index (χ3n) is 6.54. The van der Waals surface area contributed by atoms with E-state index >= 15 is 0 Å². The highest BCUT2D eigenvalue weighted by atomic mass is 16.4. The maximum atomic E-state index is 12.5. The number of nitrogens with zero attached hydrogens (tertiary/aromatic N) is 2. The standard InChI is InChI=1S/C20H26N2O4/c23-18(24)16-15-9-10-20(17(15)16,19(25)26)22(21-11-5-2-6-12-21)13-14-7-3-1-4-8-14/h1,3-4,7-8,15-17H,2,5-6,9-13H2,(H,23,24)(H,25,26). The quantitative estimate of drug-likeness (QED) is 0.813. The number of benzene rings is 1. The molecule has 6 nitrogen and oxygen atoms in total. The van der Waals surface area contributed by atoms with Crippen LogP contribution < -0.4 is 0 Å². The van der Waals surface area contributed by atoms with E-state index in [0.29, 0.717) is 19.4 Å². The fourth-order valence-electron chi connectivity index (χ4n) is 5.30. The van der Waals surface area contributed by atoms with Crippen LogP contribution in [0, 0.1) is 17.8 Å². The van der Waals surface area contributed by atoms with Gasteiger partial charge in [0.2, 0.25) is 0 Å². The Labute approximate surface area is 153 Å². The van der Waals surface area contributed by atoms with E-state index in [9.17, 15) is 19.8 Å². The molecule has 0 spiro atoms. The van der Waals surface area contributed by atoms with Crippen molar-refractivity contribution in [3.63, 3.8) is 0 Å². The smallest absolute Gasteiger partial charge is 0.325 e. The van der Waals surface area contributed by atoms with Gasteiger partial charge in [-0.3, -0.25) is 9.59 Å². The maximum absolute atomic E-state index is 12.5. The van der Waals surface area contributed by atoms with Crippen molar-refractivity contribution in [3.05, 3.63) is 35.9 Å². The Hall–Kier alpha value is -1.92. The van der Waals surface area contributed by atoms with Crippen LogP contribution in [0.15, 0.2) is 30.3 Å². The molecule has 4 rings (SSSR count). The highest BCUT2D eigenvalue weighted by Crippen LogP contribution is 2.64. The van der Waals surface area contributed by atoms with Gasteiger partial charge in [-0.15, -0.1) is 0 Å². The van der Waals surface area contributed by atoms with Gasteiger partial charge in [-0.2, -0.15) is 0 Å². The molecule has 4 unspecified atom stereocenters. The van der Waals surface area contributed by atoms with Crippen molar-refractivity contribution >= 4 is 11.9 Å². The van der Waals surface area contributed by atoms with E-state index < -0.39 is 23.4 Å². The third kappa shape index (κ3) is 2.72. The van der Waals surface area contributed by atoms with Crippen molar-refractivity contribution in [2.24, 2.45) is 17.8 Å². The second-order valence-corrected chi connectivity index (χ2v) is 7.88. The molecule has 1 heterocycles. The molecule has 0 aromatic heterocycles. The van der Waals surface area contributed by atoms with Gasteiger partial charge in [0.25, 0.3) is 0 Å². The number of fused-ring (bicyclic) bond motifs is 1. The van der Waals surface area contributed by atoms with E-state index in [-0.39, 0.29) is 11.8 Å². The molecule has 1 aromatic carbocycles. The summed E-state index contributed by atoms with van der Waals surface area (Å²) in [7, 11) is 0. The first-order valence-electron chi connectivity index (χ1n) is 9.58. The molecule has 4 atom stereocenters. The summed E-state index contributed by atoms with van der Waals surface area (Å²) in [6, 6.07) is 9.91. The van der Waals surface area contributed by atoms with Crippen molar-refractivity contribution in [1.82, 2.24) is 10.0 Å². The van der Waals surface area contributed by atoms with Crippen LogP contribution in [0.3, 0.4) is 0 Å². The first-order valence-corrected chi connectivity index (χ1v) is 9.58. The third-order valence-corrected chi connectivity index (χ3v) is 6.54. The Morgan fingerprint density at radius 1 is 1.12 bits per heavy atom. The lowest BCUT2D eigenvalue weighted by Crippen LogP contribution is -2.62. The Morgan fingerprint density at radius 3 is 2.38 bits per heavy atom. The fraction of sp³-hybridized carbons (Fsp3) is 0.600. The highest BCUT2D eigenvalue weighted by molar-refractivity contribution is 5.85. The number of carbonyl (C=O) groups is 2. The van der Waals surface area contributed by atoms with Gasteiger partial charge < -0.3 is 10.2 Å². The van der Waals surface area contributed by atoms with E-state index in [2.05, 4.69) is 5.01 Å². The van der Waals surface area contributed by atoms with Gasteiger partial charge in [0.1, 0.15) is 5.54 Å². The molecule has 3 aliphatic rings. The zero-order valence-electron chi connectivity index (χ0n) is 14.9. The van der Waals surface area contributed by atoms with Crippen LogP contribution in [0.25, 0.3) is 0 Å². The number of carboxylic acid groups (broad SMARTS) is 2. The molecule has 0 radical (unpaired) electrons. The van der Waals surface area contributed by atoms with Crippen LogP contribution in [-0.2, 0) is 16.1 Å². The lowest BCUT2D eigenvalue weighted by atomic mass is 9.88. The van der Waals surface area contributed by atoms with E-state index in [0.717, 1.165) is 31.5 Å². The van der Waals surface area contributed by atoms with Crippen LogP contribution in [-0.4, -0.2) is 50.8 Å². The van der Waals surface area contributed by atoms with Gasteiger partial charge in [0.05, 0.1) is 5.92 Å². The van der Waals surface area contributed by atoms with Crippen LogP contribution >= 0.6 is 0 Å². The summed E-state index contributed by atoms with van der Waals surface area (Å²) in [5.41, 5.74) is -0.0318. The first kappa shape index (κ1) is 17.5. The van der Waals surface area contributed by atoms with E-state index in [1.54, 1.807) is 0 Å². The predicted molar refractivity (Wildman–Crippen MR) is 95.1 cm³/mol. The molecule has 3 fully saturated rings. The number of piperidine rings is 1. The minimum Gasteiger partial charge on any atom is -0.481 e. The molecule has 140 valence electrons. The SMILES string of the molecule is O=C(O)C1C2CCC(C(=O)O)(N(Cc3ccccc3)N3CCCCC3)C21. The van der Waals surface area contributed by atoms with Crippen LogP contribution in [0.2, 0.25) is 0 Å². The van der Waals surface area contributed by atoms with E-state index in [4.69, 9.17) is 0 Å². The minimum absolute atomic E-state index is 0.00617. The lowest BCUT2D eigenvalue weighted by Gasteiger charge is -2.47. The van der Waals surface area contributed by atoms with Gasteiger partial charge in [0.15, 0.2) is 0 Å². The van der Waals surface area contributed by atoms with Crippen LogP contribution in [0.4, 0.5) is 0 Å². The monoisotopic (exact) mass is 358 g/mol. The average Bonchev–Trinajstić information content (AvgIpc) is 3.26. The van der Waals surface area contributed by atoms with Gasteiger partial charge in [0, 0.05) is 25.6 Å². The summed E-state index contributed by atoms with van der Waals surface area (Å²) in [4.78, 5) is 24.2. The number of hydrogen-bond acceptors (Lipinski definition) is 4. The average molecular weight is 358 g/mol. The molecule has 2 aliphatic carbocycles. The first-order chi connectivity index (χ1) is 12.6. The second-order valence-electron chi connectivity index (χ2n) is 7.88. The lowest BCUT2D eigenvalue weighted by molar-refractivity contribution is -0.181. The normalized spacial score (nSPS) is 33.8. The Kier molecular flexibility index (Phi) is 4.49. The number of carboxylic acids is 2. The van der Waals surface area contributed by atoms with Gasteiger partial charge in [-0.25, -0.2) is 10.0 Å². The van der Waals surface area contributed by atoms with Gasteiger partial charge in [-0.05, 0) is 37.2 Å².